The minimum Gasteiger partial charge on any atom is -0.334 e. The first kappa shape index (κ1) is 12.5. The van der Waals surface area contributed by atoms with Crippen molar-refractivity contribution in [1.82, 2.24) is 4.90 Å². The topological polar surface area (TPSA) is 67.9 Å². The normalized spacial score (nSPS) is 16.6. The first-order valence-electron chi connectivity index (χ1n) is 5.95. The molecule has 1 aliphatic rings. The van der Waals surface area contributed by atoms with Gasteiger partial charge < -0.3 is 9.80 Å². The van der Waals surface area contributed by atoms with Gasteiger partial charge in [0, 0.05) is 17.7 Å². The van der Waals surface area contributed by atoms with Crippen LogP contribution in [-0.4, -0.2) is 42.4 Å². The molecule has 1 aromatic rings. The minimum atomic E-state index is -0.372. The highest BCUT2D eigenvalue weighted by Gasteiger charge is 2.19. The number of benzene rings is 1. The van der Waals surface area contributed by atoms with Crippen molar-refractivity contribution in [3.63, 3.8) is 0 Å². The Labute approximate surface area is 105 Å². The number of piperazine rings is 1. The number of nitro groups is 1. The van der Waals surface area contributed by atoms with Crippen LogP contribution in [0, 0.1) is 10.1 Å². The lowest BCUT2D eigenvalue weighted by Crippen LogP contribution is -3.13. The molecular formula is C12H16N3O3+. The van der Waals surface area contributed by atoms with Gasteiger partial charge in [0.1, 0.15) is 6.54 Å². The van der Waals surface area contributed by atoms with Crippen LogP contribution in [0.3, 0.4) is 0 Å². The van der Waals surface area contributed by atoms with Crippen molar-refractivity contribution < 1.29 is 14.6 Å². The number of rotatable bonds is 4. The maximum absolute atomic E-state index is 10.7. The molecule has 1 aliphatic heterocycles. The Balaban J connectivity index is 1.95. The number of non-ortho nitro benzene ring substituents is 1. The summed E-state index contributed by atoms with van der Waals surface area (Å²) in [5.74, 6) is 0. The molecule has 1 fully saturated rings. The van der Waals surface area contributed by atoms with E-state index in [1.54, 1.807) is 17.0 Å². The number of nitrogens with zero attached hydrogens (tertiary/aromatic N) is 2. The molecule has 96 valence electrons. The van der Waals surface area contributed by atoms with Crippen LogP contribution in [0.25, 0.3) is 0 Å². The molecule has 0 atom stereocenters. The average molecular weight is 250 g/mol. The Bertz CT molecular complexity index is 442. The van der Waals surface area contributed by atoms with Crippen LogP contribution in [0.5, 0.6) is 0 Å². The Morgan fingerprint density at radius 3 is 2.72 bits per heavy atom. The molecule has 1 N–H and O–H groups in total. The molecule has 2 rings (SSSR count). The van der Waals surface area contributed by atoms with Crippen molar-refractivity contribution in [2.75, 3.05) is 26.2 Å². The predicted molar refractivity (Wildman–Crippen MR) is 65.1 cm³/mol. The summed E-state index contributed by atoms with van der Waals surface area (Å²) < 4.78 is 0. The van der Waals surface area contributed by atoms with Gasteiger partial charge in [0.05, 0.1) is 31.1 Å². The highest BCUT2D eigenvalue weighted by molar-refractivity contribution is 5.46. The molecule has 18 heavy (non-hydrogen) atoms. The van der Waals surface area contributed by atoms with Gasteiger partial charge in [0.15, 0.2) is 0 Å². The van der Waals surface area contributed by atoms with Crippen LogP contribution in [-0.2, 0) is 11.3 Å². The summed E-state index contributed by atoms with van der Waals surface area (Å²) >= 11 is 0. The third-order valence-corrected chi connectivity index (χ3v) is 3.23. The van der Waals surface area contributed by atoms with E-state index in [4.69, 9.17) is 0 Å². The fourth-order valence-electron chi connectivity index (χ4n) is 2.19. The first-order valence-corrected chi connectivity index (χ1v) is 5.95. The molecular weight excluding hydrogens is 234 g/mol. The van der Waals surface area contributed by atoms with Crippen LogP contribution in [0.15, 0.2) is 24.3 Å². The van der Waals surface area contributed by atoms with Gasteiger partial charge in [-0.3, -0.25) is 14.9 Å². The quantitative estimate of drug-likeness (QED) is 0.443. The van der Waals surface area contributed by atoms with E-state index in [0.29, 0.717) is 0 Å². The number of hydrogen-bond donors (Lipinski definition) is 1. The largest absolute Gasteiger partial charge is 0.334 e. The van der Waals surface area contributed by atoms with Crippen LogP contribution < -0.4 is 4.90 Å². The SMILES string of the molecule is O=CN1CC[NH+](Cc2cccc([N+](=O)[O-])c2)CC1. The fraction of sp³-hybridized carbons (Fsp3) is 0.417. The van der Waals surface area contributed by atoms with Crippen molar-refractivity contribution in [3.8, 4) is 0 Å². The molecule has 1 amide bonds. The predicted octanol–water partition coefficient (Wildman–Crippen LogP) is -0.548. The molecule has 0 spiro atoms. The van der Waals surface area contributed by atoms with E-state index in [-0.39, 0.29) is 10.6 Å². The van der Waals surface area contributed by atoms with Gasteiger partial charge in [0.2, 0.25) is 6.41 Å². The summed E-state index contributed by atoms with van der Waals surface area (Å²) in [4.78, 5) is 24.0. The number of amides is 1. The van der Waals surface area contributed by atoms with Crippen molar-refractivity contribution >= 4 is 12.1 Å². The van der Waals surface area contributed by atoms with Gasteiger partial charge in [0.25, 0.3) is 5.69 Å². The van der Waals surface area contributed by atoms with Gasteiger partial charge in [-0.15, -0.1) is 0 Å². The molecule has 1 aromatic carbocycles. The summed E-state index contributed by atoms with van der Waals surface area (Å²) in [5.41, 5.74) is 1.11. The zero-order valence-corrected chi connectivity index (χ0v) is 10.0. The summed E-state index contributed by atoms with van der Waals surface area (Å²) in [6.45, 7) is 4.07. The Hall–Kier alpha value is -1.95. The number of carbonyl (C=O) groups is 1. The van der Waals surface area contributed by atoms with Gasteiger partial charge in [-0.25, -0.2) is 0 Å². The second-order valence-electron chi connectivity index (χ2n) is 4.50. The summed E-state index contributed by atoms with van der Waals surface area (Å²) in [6.07, 6.45) is 0.879. The third kappa shape index (κ3) is 3.04. The number of nitro benzene ring substituents is 1. The van der Waals surface area contributed by atoms with E-state index in [0.717, 1.165) is 44.7 Å². The van der Waals surface area contributed by atoms with Gasteiger partial charge >= 0.3 is 0 Å². The summed E-state index contributed by atoms with van der Waals surface area (Å²) in [6, 6.07) is 6.75. The number of carbonyl (C=O) groups excluding carboxylic acids is 1. The molecule has 0 saturated carbocycles. The standard InChI is InChI=1S/C12H15N3O3/c16-10-14-6-4-13(5-7-14)9-11-2-1-3-12(8-11)15(17)18/h1-3,8,10H,4-7,9H2/p+1. The Morgan fingerprint density at radius 2 is 2.11 bits per heavy atom. The van der Waals surface area contributed by atoms with Gasteiger partial charge in [-0.1, -0.05) is 12.1 Å². The average Bonchev–Trinajstić information content (AvgIpc) is 2.40. The number of quaternary nitrogens is 1. The molecule has 0 bridgehead atoms. The lowest BCUT2D eigenvalue weighted by atomic mass is 10.2. The summed E-state index contributed by atoms with van der Waals surface area (Å²) in [5, 5.41) is 10.7. The van der Waals surface area contributed by atoms with Crippen LogP contribution in [0.1, 0.15) is 5.56 Å². The van der Waals surface area contributed by atoms with Crippen molar-refractivity contribution in [1.29, 1.82) is 0 Å². The first-order chi connectivity index (χ1) is 8.69. The van der Waals surface area contributed by atoms with Gasteiger partial charge in [-0.2, -0.15) is 0 Å². The smallest absolute Gasteiger partial charge is 0.269 e. The molecule has 6 heteroatoms. The highest BCUT2D eigenvalue weighted by atomic mass is 16.6. The highest BCUT2D eigenvalue weighted by Crippen LogP contribution is 2.12. The molecule has 1 saturated heterocycles. The van der Waals surface area contributed by atoms with E-state index in [1.165, 1.54) is 11.0 Å². The van der Waals surface area contributed by atoms with E-state index in [1.807, 2.05) is 6.07 Å². The van der Waals surface area contributed by atoms with Crippen LogP contribution in [0.2, 0.25) is 0 Å². The van der Waals surface area contributed by atoms with E-state index in [9.17, 15) is 14.9 Å². The van der Waals surface area contributed by atoms with E-state index >= 15 is 0 Å². The molecule has 1 heterocycles. The van der Waals surface area contributed by atoms with Crippen molar-refractivity contribution in [2.45, 2.75) is 6.54 Å². The lowest BCUT2D eigenvalue weighted by molar-refractivity contribution is -0.917. The van der Waals surface area contributed by atoms with E-state index in [2.05, 4.69) is 0 Å². The monoisotopic (exact) mass is 250 g/mol. The minimum absolute atomic E-state index is 0.137. The zero-order valence-electron chi connectivity index (χ0n) is 10.0. The Morgan fingerprint density at radius 1 is 1.39 bits per heavy atom. The maximum atomic E-state index is 10.7. The maximum Gasteiger partial charge on any atom is 0.269 e. The summed E-state index contributed by atoms with van der Waals surface area (Å²) in [7, 11) is 0. The van der Waals surface area contributed by atoms with Crippen LogP contribution >= 0.6 is 0 Å². The number of hydrogen-bond acceptors (Lipinski definition) is 3. The molecule has 0 aromatic heterocycles. The second kappa shape index (κ2) is 5.59. The molecule has 0 radical (unpaired) electrons. The van der Waals surface area contributed by atoms with E-state index < -0.39 is 0 Å². The Kier molecular flexibility index (Phi) is 3.88. The zero-order chi connectivity index (χ0) is 13.0. The second-order valence-corrected chi connectivity index (χ2v) is 4.50. The lowest BCUT2D eigenvalue weighted by Gasteiger charge is -2.29. The van der Waals surface area contributed by atoms with Crippen molar-refractivity contribution in [2.24, 2.45) is 0 Å². The molecule has 0 aliphatic carbocycles. The van der Waals surface area contributed by atoms with Gasteiger partial charge in [-0.05, 0) is 0 Å². The van der Waals surface area contributed by atoms with Crippen LogP contribution in [0.4, 0.5) is 5.69 Å². The molecule has 6 nitrogen and oxygen atoms in total. The number of nitrogens with one attached hydrogen (secondary N) is 1. The molecule has 0 unspecified atom stereocenters. The van der Waals surface area contributed by atoms with Crippen molar-refractivity contribution in [3.05, 3.63) is 39.9 Å². The fourth-order valence-corrected chi connectivity index (χ4v) is 2.19. The third-order valence-electron chi connectivity index (χ3n) is 3.23.